The fourth-order valence-corrected chi connectivity index (χ4v) is 3.28. The normalized spacial score (nSPS) is 16.2. The number of halogens is 1. The molecule has 1 aliphatic heterocycles. The third kappa shape index (κ3) is 2.88. The van der Waals surface area contributed by atoms with Crippen LogP contribution < -0.4 is 4.74 Å². The number of rotatable bonds is 4. The van der Waals surface area contributed by atoms with Crippen molar-refractivity contribution < 1.29 is 9.13 Å². The Bertz CT molecular complexity index is 824. The van der Waals surface area contributed by atoms with E-state index in [4.69, 9.17) is 4.74 Å². The Kier molecular flexibility index (Phi) is 3.87. The van der Waals surface area contributed by atoms with E-state index in [2.05, 4.69) is 9.88 Å². The molecule has 0 radical (unpaired) electrons. The topological polar surface area (TPSA) is 29.8 Å². The lowest BCUT2D eigenvalue weighted by atomic mass is 10.1. The smallest absolute Gasteiger partial charge is 0.238 e. The van der Waals surface area contributed by atoms with Gasteiger partial charge in [0.05, 0.1) is 11.0 Å². The lowest BCUT2D eigenvalue weighted by molar-refractivity contribution is 0.181. The van der Waals surface area contributed by atoms with Crippen molar-refractivity contribution in [2.24, 2.45) is 0 Å². The zero-order chi connectivity index (χ0) is 15.6. The van der Waals surface area contributed by atoms with E-state index in [-0.39, 0.29) is 5.82 Å². The van der Waals surface area contributed by atoms with Crippen LogP contribution in [0.4, 0.5) is 4.39 Å². The fraction of sp³-hybridized carbons (Fsp3) is 0.389. The van der Waals surface area contributed by atoms with Crippen molar-refractivity contribution in [1.82, 2.24) is 14.3 Å². The maximum atomic E-state index is 13.5. The first-order valence-corrected chi connectivity index (χ1v) is 8.23. The number of benzene rings is 1. The average Bonchev–Trinajstić information content (AvgIpc) is 3.05. The molecule has 0 spiro atoms. The van der Waals surface area contributed by atoms with Crippen molar-refractivity contribution in [1.29, 1.82) is 0 Å². The van der Waals surface area contributed by atoms with Crippen molar-refractivity contribution in [3.05, 3.63) is 42.3 Å². The first kappa shape index (κ1) is 14.5. The maximum Gasteiger partial charge on any atom is 0.238 e. The summed E-state index contributed by atoms with van der Waals surface area (Å²) in [5, 5.41) is 0. The Morgan fingerprint density at radius 1 is 1.09 bits per heavy atom. The van der Waals surface area contributed by atoms with Crippen molar-refractivity contribution in [3.8, 4) is 5.88 Å². The minimum absolute atomic E-state index is 0.282. The van der Waals surface area contributed by atoms with Gasteiger partial charge in [-0.05, 0) is 50.2 Å². The standard InChI is InChI=1S/C18H20FN3O/c19-14-6-7-16-15(13-14)20-18(17-5-4-10-22(16)17)23-12-11-21-8-2-1-3-9-21/h4-7,10,13H,1-3,8-9,11-12H2. The number of ether oxygens (including phenoxy) is 1. The molecule has 4 rings (SSSR count). The van der Waals surface area contributed by atoms with Gasteiger partial charge in [-0.25, -0.2) is 9.37 Å². The zero-order valence-electron chi connectivity index (χ0n) is 13.0. The molecule has 4 nitrogen and oxygen atoms in total. The molecule has 3 aromatic rings. The SMILES string of the molecule is Fc1ccc2c(c1)nc(OCCN1CCCCC1)c1cccn12. The van der Waals surface area contributed by atoms with Crippen molar-refractivity contribution in [3.63, 3.8) is 0 Å². The summed E-state index contributed by atoms with van der Waals surface area (Å²) in [5.41, 5.74) is 2.42. The second kappa shape index (κ2) is 6.16. The van der Waals surface area contributed by atoms with Gasteiger partial charge in [0.25, 0.3) is 0 Å². The number of hydrogen-bond donors (Lipinski definition) is 0. The first-order chi connectivity index (χ1) is 11.3. The van der Waals surface area contributed by atoms with Crippen LogP contribution in [0.3, 0.4) is 0 Å². The van der Waals surface area contributed by atoms with Crippen LogP contribution in [0.2, 0.25) is 0 Å². The van der Waals surface area contributed by atoms with E-state index < -0.39 is 0 Å². The quantitative estimate of drug-likeness (QED) is 0.738. The van der Waals surface area contributed by atoms with Crippen LogP contribution in [0.15, 0.2) is 36.5 Å². The fourth-order valence-electron chi connectivity index (χ4n) is 3.28. The Morgan fingerprint density at radius 3 is 2.83 bits per heavy atom. The van der Waals surface area contributed by atoms with Gasteiger partial charge in [0, 0.05) is 18.8 Å². The summed E-state index contributed by atoms with van der Waals surface area (Å²) < 4.78 is 21.4. The van der Waals surface area contributed by atoms with E-state index >= 15 is 0 Å². The Hall–Kier alpha value is -2.14. The summed E-state index contributed by atoms with van der Waals surface area (Å²) in [6.45, 7) is 3.82. The van der Waals surface area contributed by atoms with Gasteiger partial charge in [-0.15, -0.1) is 0 Å². The van der Waals surface area contributed by atoms with Gasteiger partial charge in [0.15, 0.2) is 0 Å². The van der Waals surface area contributed by atoms with Gasteiger partial charge >= 0.3 is 0 Å². The molecular weight excluding hydrogens is 293 g/mol. The third-order valence-electron chi connectivity index (χ3n) is 4.48. The van der Waals surface area contributed by atoms with Gasteiger partial charge in [0.1, 0.15) is 17.9 Å². The van der Waals surface area contributed by atoms with Gasteiger partial charge in [0.2, 0.25) is 5.88 Å². The van der Waals surface area contributed by atoms with E-state index in [1.165, 1.54) is 31.4 Å². The van der Waals surface area contributed by atoms with E-state index in [1.54, 1.807) is 6.07 Å². The summed E-state index contributed by atoms with van der Waals surface area (Å²) >= 11 is 0. The van der Waals surface area contributed by atoms with Crippen LogP contribution >= 0.6 is 0 Å². The molecule has 0 saturated carbocycles. The molecule has 0 bridgehead atoms. The second-order valence-electron chi connectivity index (χ2n) is 6.06. The van der Waals surface area contributed by atoms with Crippen molar-refractivity contribution in [2.45, 2.75) is 19.3 Å². The summed E-state index contributed by atoms with van der Waals surface area (Å²) in [7, 11) is 0. The number of hydrogen-bond acceptors (Lipinski definition) is 3. The van der Waals surface area contributed by atoms with E-state index in [0.29, 0.717) is 18.0 Å². The highest BCUT2D eigenvalue weighted by Gasteiger charge is 2.12. The molecule has 120 valence electrons. The lowest BCUT2D eigenvalue weighted by Gasteiger charge is -2.26. The van der Waals surface area contributed by atoms with Crippen LogP contribution in [0, 0.1) is 5.82 Å². The lowest BCUT2D eigenvalue weighted by Crippen LogP contribution is -2.33. The second-order valence-corrected chi connectivity index (χ2v) is 6.06. The molecular formula is C18H20FN3O. The number of likely N-dealkylation sites (tertiary alicyclic amines) is 1. The van der Waals surface area contributed by atoms with Crippen LogP contribution in [-0.4, -0.2) is 40.5 Å². The molecule has 0 unspecified atom stereocenters. The molecule has 1 aliphatic rings. The van der Waals surface area contributed by atoms with Gasteiger partial charge in [-0.1, -0.05) is 6.42 Å². The largest absolute Gasteiger partial charge is 0.475 e. The summed E-state index contributed by atoms with van der Waals surface area (Å²) in [6, 6.07) is 8.60. The van der Waals surface area contributed by atoms with E-state index in [1.807, 2.05) is 22.7 Å². The highest BCUT2D eigenvalue weighted by molar-refractivity contribution is 5.81. The summed E-state index contributed by atoms with van der Waals surface area (Å²) in [6.07, 6.45) is 5.83. The molecule has 23 heavy (non-hydrogen) atoms. The molecule has 0 aliphatic carbocycles. The average molecular weight is 313 g/mol. The number of nitrogens with zero attached hydrogens (tertiary/aromatic N) is 3. The monoisotopic (exact) mass is 313 g/mol. The summed E-state index contributed by atoms with van der Waals surface area (Å²) in [4.78, 5) is 6.95. The van der Waals surface area contributed by atoms with Crippen LogP contribution in [0.25, 0.3) is 16.6 Å². The van der Waals surface area contributed by atoms with Gasteiger partial charge in [-0.3, -0.25) is 4.90 Å². The van der Waals surface area contributed by atoms with Crippen LogP contribution in [-0.2, 0) is 0 Å². The highest BCUT2D eigenvalue weighted by Crippen LogP contribution is 2.24. The Morgan fingerprint density at radius 2 is 1.96 bits per heavy atom. The molecule has 1 fully saturated rings. The zero-order valence-corrected chi connectivity index (χ0v) is 13.0. The molecule has 3 heterocycles. The van der Waals surface area contributed by atoms with Crippen molar-refractivity contribution >= 4 is 16.6 Å². The molecule has 0 atom stereocenters. The number of fused-ring (bicyclic) bond motifs is 3. The Labute approximate surface area is 134 Å². The maximum absolute atomic E-state index is 13.5. The predicted octanol–water partition coefficient (Wildman–Crippen LogP) is 3.49. The van der Waals surface area contributed by atoms with E-state index in [0.717, 1.165) is 30.7 Å². The Balaban J connectivity index is 1.58. The molecule has 0 N–H and O–H groups in total. The number of piperidine rings is 1. The molecule has 1 saturated heterocycles. The van der Waals surface area contributed by atoms with E-state index in [9.17, 15) is 4.39 Å². The van der Waals surface area contributed by atoms with Gasteiger partial charge < -0.3 is 9.14 Å². The molecule has 5 heteroatoms. The third-order valence-corrected chi connectivity index (χ3v) is 4.48. The first-order valence-electron chi connectivity index (χ1n) is 8.23. The molecule has 0 amide bonds. The van der Waals surface area contributed by atoms with Crippen molar-refractivity contribution in [2.75, 3.05) is 26.2 Å². The van der Waals surface area contributed by atoms with Crippen LogP contribution in [0.1, 0.15) is 19.3 Å². The molecule has 2 aromatic heterocycles. The van der Waals surface area contributed by atoms with Crippen LogP contribution in [0.5, 0.6) is 5.88 Å². The predicted molar refractivity (Wildman–Crippen MR) is 88.4 cm³/mol. The number of aromatic nitrogens is 2. The van der Waals surface area contributed by atoms with Gasteiger partial charge in [-0.2, -0.15) is 0 Å². The minimum atomic E-state index is -0.282. The molecule has 1 aromatic carbocycles. The minimum Gasteiger partial charge on any atom is -0.475 e. The highest BCUT2D eigenvalue weighted by atomic mass is 19.1. The summed E-state index contributed by atoms with van der Waals surface area (Å²) in [5.74, 6) is 0.292.